The van der Waals surface area contributed by atoms with Gasteiger partial charge in [0.2, 0.25) is 5.88 Å². The van der Waals surface area contributed by atoms with E-state index < -0.39 is 0 Å². The Morgan fingerprint density at radius 1 is 1.28 bits per heavy atom. The molecule has 1 fully saturated rings. The Morgan fingerprint density at radius 2 is 2.20 bits per heavy atom. The Hall–Kier alpha value is -2.11. The van der Waals surface area contributed by atoms with Crippen molar-refractivity contribution in [2.24, 2.45) is 0 Å². The van der Waals surface area contributed by atoms with Gasteiger partial charge in [0, 0.05) is 22.7 Å². The van der Waals surface area contributed by atoms with Crippen LogP contribution >= 0.6 is 11.6 Å². The van der Waals surface area contributed by atoms with Gasteiger partial charge in [-0.1, -0.05) is 23.7 Å². The fourth-order valence-electron chi connectivity index (χ4n) is 3.42. The first-order valence-corrected chi connectivity index (χ1v) is 9.02. The van der Waals surface area contributed by atoms with Crippen molar-refractivity contribution in [2.75, 3.05) is 20.2 Å². The quantitative estimate of drug-likeness (QED) is 0.695. The Labute approximate surface area is 152 Å². The number of rotatable bonds is 5. The average molecular weight is 357 g/mol. The lowest BCUT2D eigenvalue weighted by molar-refractivity contribution is 0.227. The van der Waals surface area contributed by atoms with Gasteiger partial charge < -0.3 is 9.64 Å². The van der Waals surface area contributed by atoms with Gasteiger partial charge >= 0.3 is 0 Å². The second-order valence-electron chi connectivity index (χ2n) is 6.51. The van der Waals surface area contributed by atoms with Crippen molar-refractivity contribution in [1.82, 2.24) is 19.5 Å². The molecule has 5 nitrogen and oxygen atoms in total. The molecule has 0 aliphatic carbocycles. The third kappa shape index (κ3) is 3.48. The summed E-state index contributed by atoms with van der Waals surface area (Å²) in [6.45, 7) is 1.86. The smallest absolute Gasteiger partial charge is 0.231 e. The molecule has 25 heavy (non-hydrogen) atoms. The zero-order chi connectivity index (χ0) is 17.2. The summed E-state index contributed by atoms with van der Waals surface area (Å²) in [6, 6.07) is 12.1. The zero-order valence-corrected chi connectivity index (χ0v) is 15.0. The summed E-state index contributed by atoms with van der Waals surface area (Å²) in [5, 5.41) is 5.29. The predicted molar refractivity (Wildman–Crippen MR) is 99.2 cm³/mol. The number of halogens is 1. The lowest BCUT2D eigenvalue weighted by Gasteiger charge is -2.19. The maximum atomic E-state index is 6.11. The number of likely N-dealkylation sites (tertiary alicyclic amines) is 1. The van der Waals surface area contributed by atoms with Gasteiger partial charge in [0.25, 0.3) is 0 Å². The van der Waals surface area contributed by atoms with Crippen molar-refractivity contribution >= 4 is 17.2 Å². The van der Waals surface area contributed by atoms with Crippen molar-refractivity contribution in [3.05, 3.63) is 47.6 Å². The van der Waals surface area contributed by atoms with E-state index in [2.05, 4.69) is 22.0 Å². The van der Waals surface area contributed by atoms with Gasteiger partial charge in [0.05, 0.1) is 18.5 Å². The summed E-state index contributed by atoms with van der Waals surface area (Å²) in [5.41, 5.74) is 2.67. The van der Waals surface area contributed by atoms with Gasteiger partial charge in [-0.2, -0.15) is 0 Å². The van der Waals surface area contributed by atoms with Crippen molar-refractivity contribution in [3.8, 4) is 17.1 Å². The number of nitrogens with zero attached hydrogens (tertiary/aromatic N) is 4. The van der Waals surface area contributed by atoms with Crippen LogP contribution in [0.25, 0.3) is 16.9 Å². The molecule has 4 rings (SSSR count). The normalized spacial score (nSPS) is 18.1. The van der Waals surface area contributed by atoms with Crippen LogP contribution in [-0.2, 0) is 0 Å². The number of ether oxygens (including phenoxy) is 1. The molecule has 0 N–H and O–H groups in total. The molecule has 0 amide bonds. The number of imidazole rings is 1. The van der Waals surface area contributed by atoms with E-state index in [1.54, 1.807) is 0 Å². The molecular weight excluding hydrogens is 336 g/mol. The highest BCUT2D eigenvalue weighted by Gasteiger charge is 2.20. The number of aromatic nitrogens is 3. The summed E-state index contributed by atoms with van der Waals surface area (Å²) in [7, 11) is 2.19. The van der Waals surface area contributed by atoms with E-state index in [0.717, 1.165) is 23.3 Å². The number of benzene rings is 1. The van der Waals surface area contributed by atoms with Crippen LogP contribution in [0.4, 0.5) is 0 Å². The predicted octanol–water partition coefficient (Wildman–Crippen LogP) is 3.91. The Bertz CT molecular complexity index is 879. The SMILES string of the molecule is CN1CCCC1CCOc1ccc2ncc(-c3cccc(Cl)c3)n2n1. The lowest BCUT2D eigenvalue weighted by Crippen LogP contribution is -2.26. The second-order valence-corrected chi connectivity index (χ2v) is 6.95. The molecule has 6 heteroatoms. The Morgan fingerprint density at radius 3 is 3.00 bits per heavy atom. The Balaban J connectivity index is 1.52. The van der Waals surface area contributed by atoms with Crippen LogP contribution in [0.3, 0.4) is 0 Å². The van der Waals surface area contributed by atoms with E-state index >= 15 is 0 Å². The molecule has 0 radical (unpaired) electrons. The minimum Gasteiger partial charge on any atom is -0.477 e. The highest BCUT2D eigenvalue weighted by atomic mass is 35.5. The molecule has 1 aliphatic rings. The van der Waals surface area contributed by atoms with Gasteiger partial charge in [-0.3, -0.25) is 0 Å². The molecule has 3 heterocycles. The van der Waals surface area contributed by atoms with Gasteiger partial charge in [-0.05, 0) is 51.1 Å². The maximum absolute atomic E-state index is 6.11. The summed E-state index contributed by atoms with van der Waals surface area (Å²) >= 11 is 6.11. The van der Waals surface area contributed by atoms with Crippen LogP contribution in [-0.4, -0.2) is 45.7 Å². The zero-order valence-electron chi connectivity index (χ0n) is 14.2. The van der Waals surface area contributed by atoms with Crippen molar-refractivity contribution in [1.29, 1.82) is 0 Å². The van der Waals surface area contributed by atoms with Crippen molar-refractivity contribution in [3.63, 3.8) is 0 Å². The summed E-state index contributed by atoms with van der Waals surface area (Å²) in [5.74, 6) is 0.620. The largest absolute Gasteiger partial charge is 0.477 e. The molecule has 1 unspecified atom stereocenters. The van der Waals surface area contributed by atoms with Gasteiger partial charge in [-0.25, -0.2) is 9.50 Å². The number of fused-ring (bicyclic) bond motifs is 1. The van der Waals surface area contributed by atoms with Crippen LogP contribution in [0, 0.1) is 0 Å². The monoisotopic (exact) mass is 356 g/mol. The van der Waals surface area contributed by atoms with E-state index in [0.29, 0.717) is 23.6 Å². The highest BCUT2D eigenvalue weighted by molar-refractivity contribution is 6.30. The summed E-state index contributed by atoms with van der Waals surface area (Å²) < 4.78 is 7.70. The van der Waals surface area contributed by atoms with Crippen molar-refractivity contribution in [2.45, 2.75) is 25.3 Å². The average Bonchev–Trinajstić information content (AvgIpc) is 3.21. The molecule has 0 spiro atoms. The fourth-order valence-corrected chi connectivity index (χ4v) is 3.61. The first kappa shape index (κ1) is 16.4. The summed E-state index contributed by atoms with van der Waals surface area (Å²) in [6.07, 6.45) is 5.38. The van der Waals surface area contributed by atoms with Crippen LogP contribution in [0.2, 0.25) is 5.02 Å². The van der Waals surface area contributed by atoms with Crippen LogP contribution in [0.15, 0.2) is 42.6 Å². The van der Waals surface area contributed by atoms with Gasteiger partial charge in [-0.15, -0.1) is 5.10 Å². The molecule has 130 valence electrons. The molecular formula is C19H21ClN4O. The molecule has 1 atom stereocenters. The third-order valence-corrected chi connectivity index (χ3v) is 5.07. The Kier molecular flexibility index (Phi) is 4.59. The minimum atomic E-state index is 0.620. The maximum Gasteiger partial charge on any atom is 0.231 e. The number of hydrogen-bond donors (Lipinski definition) is 0. The van der Waals surface area contributed by atoms with Crippen LogP contribution in [0.1, 0.15) is 19.3 Å². The van der Waals surface area contributed by atoms with E-state index in [4.69, 9.17) is 16.3 Å². The van der Waals surface area contributed by atoms with Gasteiger partial charge in [0.15, 0.2) is 5.65 Å². The standard InChI is InChI=1S/C19H21ClN4O/c1-23-10-3-6-16(23)9-11-25-19-8-7-18-21-13-17(24(18)22-19)14-4-2-5-15(20)12-14/h2,4-5,7-8,12-13,16H,3,6,9-11H2,1H3. The molecule has 0 bridgehead atoms. The van der Waals surface area contributed by atoms with Crippen molar-refractivity contribution < 1.29 is 4.74 Å². The van der Waals surface area contributed by atoms with Crippen LogP contribution in [0.5, 0.6) is 5.88 Å². The minimum absolute atomic E-state index is 0.620. The topological polar surface area (TPSA) is 42.7 Å². The number of hydrogen-bond acceptors (Lipinski definition) is 4. The molecule has 0 saturated carbocycles. The van der Waals surface area contributed by atoms with E-state index in [-0.39, 0.29) is 0 Å². The first-order valence-electron chi connectivity index (χ1n) is 8.64. The molecule has 1 aromatic carbocycles. The summed E-state index contributed by atoms with van der Waals surface area (Å²) in [4.78, 5) is 6.82. The lowest BCUT2D eigenvalue weighted by atomic mass is 10.1. The van der Waals surface area contributed by atoms with Crippen LogP contribution < -0.4 is 4.74 Å². The fraction of sp³-hybridized carbons (Fsp3) is 0.368. The molecule has 1 saturated heterocycles. The highest BCUT2D eigenvalue weighted by Crippen LogP contribution is 2.24. The third-order valence-electron chi connectivity index (χ3n) is 4.83. The van der Waals surface area contributed by atoms with E-state index in [9.17, 15) is 0 Å². The molecule has 3 aromatic rings. The molecule has 1 aliphatic heterocycles. The van der Waals surface area contributed by atoms with E-state index in [1.807, 2.05) is 47.1 Å². The second kappa shape index (κ2) is 7.02. The van der Waals surface area contributed by atoms with E-state index in [1.165, 1.54) is 19.4 Å². The van der Waals surface area contributed by atoms with Gasteiger partial charge in [0.1, 0.15) is 0 Å². The molecule has 2 aromatic heterocycles. The first-order chi connectivity index (χ1) is 12.2.